The van der Waals surface area contributed by atoms with Crippen LogP contribution in [-0.4, -0.2) is 34.8 Å². The highest BCUT2D eigenvalue weighted by atomic mass is 35.5. The number of ether oxygens (including phenoxy) is 2. The first-order valence-corrected chi connectivity index (χ1v) is 9.99. The third-order valence-electron chi connectivity index (χ3n) is 5.26. The van der Waals surface area contributed by atoms with Crippen molar-refractivity contribution < 1.29 is 18.7 Å². The molecule has 2 fully saturated rings. The summed E-state index contributed by atoms with van der Waals surface area (Å²) in [5, 5.41) is 0.809. The van der Waals surface area contributed by atoms with Crippen molar-refractivity contribution >= 4 is 28.7 Å². The molecule has 2 aromatic rings. The molecule has 28 heavy (non-hydrogen) atoms. The number of nitrogens with zero attached hydrogens (tertiary/aromatic N) is 1. The van der Waals surface area contributed by atoms with Crippen LogP contribution >= 0.6 is 11.6 Å². The normalized spacial score (nSPS) is 24.4. The predicted octanol–water partition coefficient (Wildman–Crippen LogP) is 4.76. The second kappa shape index (κ2) is 6.99. The molecule has 2 bridgehead atoms. The molecule has 0 spiro atoms. The molecule has 0 aliphatic carbocycles. The molecule has 0 saturated carbocycles. The van der Waals surface area contributed by atoms with Gasteiger partial charge < -0.3 is 18.8 Å². The van der Waals surface area contributed by atoms with Gasteiger partial charge in [0.15, 0.2) is 0 Å². The molecule has 6 nitrogen and oxygen atoms in total. The number of carbonyl (C=O) groups excluding carboxylic acids is 1. The maximum Gasteiger partial charge on any atom is 0.410 e. The van der Waals surface area contributed by atoms with Crippen LogP contribution in [0.2, 0.25) is 5.02 Å². The molecule has 4 rings (SSSR count). The SMILES string of the molecule is CC(C)(C)OC(=O)N1C2CCC1CC(Oc1ccc3cc(Cl)c(=O)oc3c1)C2. The van der Waals surface area contributed by atoms with Crippen LogP contribution in [0.4, 0.5) is 4.79 Å². The van der Waals surface area contributed by atoms with Gasteiger partial charge in [-0.05, 0) is 51.8 Å². The van der Waals surface area contributed by atoms with E-state index in [-0.39, 0.29) is 29.3 Å². The second-order valence-electron chi connectivity index (χ2n) is 8.57. The maximum atomic E-state index is 12.6. The number of rotatable bonds is 2. The smallest absolute Gasteiger partial charge is 0.410 e. The molecule has 1 amide bonds. The number of benzene rings is 1. The molecule has 150 valence electrons. The van der Waals surface area contributed by atoms with Gasteiger partial charge in [0.1, 0.15) is 28.1 Å². The summed E-state index contributed by atoms with van der Waals surface area (Å²) in [6.07, 6.45) is 3.23. The zero-order valence-corrected chi connectivity index (χ0v) is 17.0. The molecule has 7 heteroatoms. The minimum absolute atomic E-state index is 0.00709. The second-order valence-corrected chi connectivity index (χ2v) is 8.97. The number of hydrogen-bond donors (Lipinski definition) is 0. The van der Waals surface area contributed by atoms with Gasteiger partial charge in [0.25, 0.3) is 0 Å². The van der Waals surface area contributed by atoms with E-state index in [1.807, 2.05) is 37.8 Å². The lowest BCUT2D eigenvalue weighted by molar-refractivity contribution is -0.00705. The molecular formula is C21H24ClNO5. The van der Waals surface area contributed by atoms with Crippen molar-refractivity contribution in [2.45, 2.75) is 70.2 Å². The average Bonchev–Trinajstić information content (AvgIpc) is 2.86. The summed E-state index contributed by atoms with van der Waals surface area (Å²) < 4.78 is 17.0. The Balaban J connectivity index is 1.47. The number of piperidine rings is 1. The van der Waals surface area contributed by atoms with Gasteiger partial charge in [-0.3, -0.25) is 0 Å². The highest BCUT2D eigenvalue weighted by molar-refractivity contribution is 6.30. The van der Waals surface area contributed by atoms with E-state index in [0.717, 1.165) is 31.1 Å². The van der Waals surface area contributed by atoms with Crippen LogP contribution in [0.3, 0.4) is 0 Å². The number of hydrogen-bond acceptors (Lipinski definition) is 5. The molecule has 0 N–H and O–H groups in total. The first-order chi connectivity index (χ1) is 13.2. The summed E-state index contributed by atoms with van der Waals surface area (Å²) in [5.74, 6) is 0.646. The largest absolute Gasteiger partial charge is 0.490 e. The minimum Gasteiger partial charge on any atom is -0.490 e. The van der Waals surface area contributed by atoms with Crippen LogP contribution in [-0.2, 0) is 4.74 Å². The molecule has 2 atom stereocenters. The summed E-state index contributed by atoms with van der Waals surface area (Å²) in [4.78, 5) is 26.1. The van der Waals surface area contributed by atoms with E-state index < -0.39 is 11.2 Å². The van der Waals surface area contributed by atoms with Crippen LogP contribution < -0.4 is 10.4 Å². The van der Waals surface area contributed by atoms with Crippen molar-refractivity contribution in [1.82, 2.24) is 4.90 Å². The Morgan fingerprint density at radius 2 is 1.86 bits per heavy atom. The van der Waals surface area contributed by atoms with Gasteiger partial charge in [0, 0.05) is 36.4 Å². The Morgan fingerprint density at radius 1 is 1.18 bits per heavy atom. The van der Waals surface area contributed by atoms with Gasteiger partial charge in [-0.1, -0.05) is 11.6 Å². The van der Waals surface area contributed by atoms with Crippen molar-refractivity contribution in [3.8, 4) is 5.75 Å². The Bertz CT molecular complexity index is 949. The molecule has 2 aliphatic heterocycles. The zero-order valence-electron chi connectivity index (χ0n) is 16.2. The van der Waals surface area contributed by atoms with Gasteiger partial charge in [-0.15, -0.1) is 0 Å². The number of fused-ring (bicyclic) bond motifs is 3. The summed E-state index contributed by atoms with van der Waals surface area (Å²) in [6.45, 7) is 5.65. The summed E-state index contributed by atoms with van der Waals surface area (Å²) >= 11 is 5.82. The van der Waals surface area contributed by atoms with Crippen LogP contribution in [0.1, 0.15) is 46.5 Å². The van der Waals surface area contributed by atoms with Crippen molar-refractivity contribution in [2.24, 2.45) is 0 Å². The van der Waals surface area contributed by atoms with Gasteiger partial charge in [0.2, 0.25) is 0 Å². The Morgan fingerprint density at radius 3 is 2.50 bits per heavy atom. The standard InChI is InChI=1S/C21H24ClNO5/c1-21(2,3)28-20(25)23-13-5-6-14(23)10-16(9-13)26-15-7-4-12-8-17(22)19(24)27-18(12)11-15/h4,7-8,11,13-14,16H,5-6,9-10H2,1-3H3. The van der Waals surface area contributed by atoms with E-state index in [2.05, 4.69) is 0 Å². The van der Waals surface area contributed by atoms with Crippen molar-refractivity contribution in [1.29, 1.82) is 0 Å². The van der Waals surface area contributed by atoms with Crippen LogP contribution in [0, 0.1) is 0 Å². The molecule has 0 radical (unpaired) electrons. The van der Waals surface area contributed by atoms with E-state index >= 15 is 0 Å². The first kappa shape index (κ1) is 19.1. The van der Waals surface area contributed by atoms with E-state index in [1.165, 1.54) is 0 Å². The predicted molar refractivity (Wildman–Crippen MR) is 106 cm³/mol. The average molecular weight is 406 g/mol. The lowest BCUT2D eigenvalue weighted by Crippen LogP contribution is -2.50. The molecular weight excluding hydrogens is 382 g/mol. The van der Waals surface area contributed by atoms with Crippen molar-refractivity contribution in [3.05, 3.63) is 39.7 Å². The van der Waals surface area contributed by atoms with Crippen LogP contribution in [0.25, 0.3) is 11.0 Å². The van der Waals surface area contributed by atoms with Gasteiger partial charge >= 0.3 is 11.7 Å². The Kier molecular flexibility index (Phi) is 4.78. The maximum absolute atomic E-state index is 12.6. The summed E-state index contributed by atoms with van der Waals surface area (Å²) in [5.41, 5.74) is -0.613. The quantitative estimate of drug-likeness (QED) is 0.674. The van der Waals surface area contributed by atoms with E-state index in [4.69, 9.17) is 25.5 Å². The third-order valence-corrected chi connectivity index (χ3v) is 5.53. The fraction of sp³-hybridized carbons (Fsp3) is 0.524. The summed E-state index contributed by atoms with van der Waals surface area (Å²) in [6, 6.07) is 7.25. The fourth-order valence-corrected chi connectivity index (χ4v) is 4.32. The van der Waals surface area contributed by atoms with Gasteiger partial charge in [-0.2, -0.15) is 0 Å². The zero-order chi connectivity index (χ0) is 20.1. The minimum atomic E-state index is -0.560. The van der Waals surface area contributed by atoms with Crippen molar-refractivity contribution in [3.63, 3.8) is 0 Å². The summed E-state index contributed by atoms with van der Waals surface area (Å²) in [7, 11) is 0. The fourth-order valence-electron chi connectivity index (χ4n) is 4.17. The number of halogens is 1. The van der Waals surface area contributed by atoms with Crippen LogP contribution in [0.15, 0.2) is 33.5 Å². The molecule has 1 aromatic heterocycles. The Labute approximate surface area is 168 Å². The lowest BCUT2D eigenvalue weighted by Gasteiger charge is -2.39. The monoisotopic (exact) mass is 405 g/mol. The first-order valence-electron chi connectivity index (χ1n) is 9.61. The Hall–Kier alpha value is -2.21. The van der Waals surface area contributed by atoms with Gasteiger partial charge in [-0.25, -0.2) is 9.59 Å². The van der Waals surface area contributed by atoms with E-state index in [1.54, 1.807) is 12.1 Å². The molecule has 3 heterocycles. The number of carbonyl (C=O) groups is 1. The third kappa shape index (κ3) is 3.83. The molecule has 2 saturated heterocycles. The van der Waals surface area contributed by atoms with Crippen molar-refractivity contribution in [2.75, 3.05) is 0 Å². The molecule has 2 unspecified atom stereocenters. The molecule has 2 aliphatic rings. The van der Waals surface area contributed by atoms with Crippen LogP contribution in [0.5, 0.6) is 5.75 Å². The lowest BCUT2D eigenvalue weighted by atomic mass is 10.00. The highest BCUT2D eigenvalue weighted by Gasteiger charge is 2.45. The number of amides is 1. The van der Waals surface area contributed by atoms with E-state index in [0.29, 0.717) is 11.3 Å². The van der Waals surface area contributed by atoms with Gasteiger partial charge in [0.05, 0.1) is 0 Å². The molecule has 1 aromatic carbocycles. The highest BCUT2D eigenvalue weighted by Crippen LogP contribution is 2.38. The van der Waals surface area contributed by atoms with E-state index in [9.17, 15) is 9.59 Å². The topological polar surface area (TPSA) is 69.0 Å².